The molecule has 0 aliphatic carbocycles. The molecule has 0 spiro atoms. The number of aromatic hydroxyl groups is 1. The largest absolute Gasteiger partial charge is 0.493 e. The van der Waals surface area contributed by atoms with E-state index >= 15 is 0 Å². The second-order valence-corrected chi connectivity index (χ2v) is 5.28. The van der Waals surface area contributed by atoms with E-state index in [1.807, 2.05) is 13.8 Å². The number of carbonyl (C=O) groups is 1. The number of likely N-dealkylation sites (N-methyl/N-ethyl adjacent to an activating group) is 1. The molecule has 0 bridgehead atoms. The van der Waals surface area contributed by atoms with Gasteiger partial charge >= 0.3 is 0 Å². The number of amides is 1. The Morgan fingerprint density at radius 3 is 2.74 bits per heavy atom. The van der Waals surface area contributed by atoms with Gasteiger partial charge in [-0.1, -0.05) is 19.9 Å². The summed E-state index contributed by atoms with van der Waals surface area (Å²) >= 11 is 0. The number of hydrogen-bond donors (Lipinski definition) is 2. The van der Waals surface area contributed by atoms with Gasteiger partial charge in [0.15, 0.2) is 5.56 Å². The highest BCUT2D eigenvalue weighted by Crippen LogP contribution is 2.13. The van der Waals surface area contributed by atoms with Crippen LogP contribution < -0.4 is 10.9 Å². The van der Waals surface area contributed by atoms with E-state index in [-0.39, 0.29) is 5.56 Å². The molecule has 2 heterocycles. The molecule has 0 saturated carbocycles. The molecule has 0 aromatic carbocycles. The Bertz CT molecular complexity index is 766. The van der Waals surface area contributed by atoms with Crippen molar-refractivity contribution in [2.24, 2.45) is 0 Å². The molecule has 0 unspecified atom stereocenters. The highest BCUT2D eigenvalue weighted by molar-refractivity contribution is 5.96. The summed E-state index contributed by atoms with van der Waals surface area (Å²) < 4.78 is 1.27. The number of aromatic nitrogens is 2. The minimum atomic E-state index is -0.608. The molecule has 124 valence electrons. The average Bonchev–Trinajstić information content (AvgIpc) is 2.53. The number of nitrogens with one attached hydrogen (secondary N) is 1. The van der Waals surface area contributed by atoms with Gasteiger partial charge in [0.05, 0.1) is 0 Å². The Morgan fingerprint density at radius 1 is 1.39 bits per heavy atom. The predicted octanol–water partition coefficient (Wildman–Crippen LogP) is 0.780. The van der Waals surface area contributed by atoms with E-state index in [4.69, 9.17) is 0 Å². The minimum absolute atomic E-state index is 0.326. The first-order valence-electron chi connectivity index (χ1n) is 7.71. The molecule has 7 nitrogen and oxygen atoms in total. The van der Waals surface area contributed by atoms with Crippen LogP contribution in [0.5, 0.6) is 5.88 Å². The van der Waals surface area contributed by atoms with Crippen LogP contribution in [0.1, 0.15) is 29.8 Å². The van der Waals surface area contributed by atoms with Gasteiger partial charge in [-0.2, -0.15) is 4.98 Å². The number of hydrogen-bond acceptors (Lipinski definition) is 5. The van der Waals surface area contributed by atoms with Crippen LogP contribution in [0.2, 0.25) is 0 Å². The number of rotatable bonds is 6. The van der Waals surface area contributed by atoms with Crippen molar-refractivity contribution in [3.8, 4) is 5.88 Å². The number of fused-ring (bicyclic) bond motifs is 1. The van der Waals surface area contributed by atoms with Gasteiger partial charge in [0.1, 0.15) is 5.65 Å². The van der Waals surface area contributed by atoms with Crippen LogP contribution in [0.15, 0.2) is 23.1 Å². The standard InChI is InChI=1S/C16H22N4O3/c1-4-19(5-2)10-8-17-14(21)12-15(22)18-13-11(3)7-6-9-20(13)16(12)23/h6-7,9,22H,4-5,8,10H2,1-3H3,(H,17,21). The first-order chi connectivity index (χ1) is 11.0. The minimum Gasteiger partial charge on any atom is -0.493 e. The van der Waals surface area contributed by atoms with E-state index in [0.29, 0.717) is 18.7 Å². The predicted molar refractivity (Wildman–Crippen MR) is 88.0 cm³/mol. The van der Waals surface area contributed by atoms with Crippen LogP contribution in [0, 0.1) is 6.92 Å². The zero-order valence-corrected chi connectivity index (χ0v) is 13.7. The van der Waals surface area contributed by atoms with Gasteiger partial charge in [0.25, 0.3) is 11.5 Å². The molecule has 0 radical (unpaired) electrons. The normalized spacial score (nSPS) is 11.1. The SMILES string of the molecule is CCN(CC)CCNC(=O)c1c(O)nc2c(C)cccn2c1=O. The van der Waals surface area contributed by atoms with Gasteiger partial charge in [-0.05, 0) is 31.6 Å². The second-order valence-electron chi connectivity index (χ2n) is 5.28. The number of aryl methyl sites for hydroxylation is 1. The zero-order valence-electron chi connectivity index (χ0n) is 13.7. The quantitative estimate of drug-likeness (QED) is 0.822. The van der Waals surface area contributed by atoms with Crippen molar-refractivity contribution in [2.45, 2.75) is 20.8 Å². The van der Waals surface area contributed by atoms with Crippen LogP contribution in [0.3, 0.4) is 0 Å². The van der Waals surface area contributed by atoms with Crippen LogP contribution in [0.25, 0.3) is 5.65 Å². The second kappa shape index (κ2) is 7.23. The fourth-order valence-electron chi connectivity index (χ4n) is 2.44. The molecular formula is C16H22N4O3. The van der Waals surface area contributed by atoms with Gasteiger partial charge in [0, 0.05) is 19.3 Å². The van der Waals surface area contributed by atoms with E-state index in [2.05, 4.69) is 15.2 Å². The van der Waals surface area contributed by atoms with E-state index in [1.165, 1.54) is 10.6 Å². The maximum Gasteiger partial charge on any atom is 0.274 e. The summed E-state index contributed by atoms with van der Waals surface area (Å²) in [5, 5.41) is 12.7. The fraction of sp³-hybridized carbons (Fsp3) is 0.438. The van der Waals surface area contributed by atoms with Crippen molar-refractivity contribution in [2.75, 3.05) is 26.2 Å². The molecule has 0 fully saturated rings. The topological polar surface area (TPSA) is 86.9 Å². The third kappa shape index (κ3) is 3.50. The van der Waals surface area contributed by atoms with E-state index < -0.39 is 17.3 Å². The van der Waals surface area contributed by atoms with Crippen LogP contribution in [0.4, 0.5) is 0 Å². The lowest BCUT2D eigenvalue weighted by atomic mass is 10.2. The first-order valence-corrected chi connectivity index (χ1v) is 7.71. The summed E-state index contributed by atoms with van der Waals surface area (Å²) in [6, 6.07) is 3.48. The fourth-order valence-corrected chi connectivity index (χ4v) is 2.44. The number of pyridine rings is 1. The molecule has 0 aliphatic heterocycles. The molecule has 0 aliphatic rings. The molecule has 0 atom stereocenters. The van der Waals surface area contributed by atoms with Crippen molar-refractivity contribution in [1.82, 2.24) is 19.6 Å². The Labute approximate surface area is 134 Å². The molecule has 2 aromatic rings. The lowest BCUT2D eigenvalue weighted by molar-refractivity contribution is 0.0943. The Morgan fingerprint density at radius 2 is 2.09 bits per heavy atom. The summed E-state index contributed by atoms with van der Waals surface area (Å²) in [7, 11) is 0. The molecule has 23 heavy (non-hydrogen) atoms. The number of carbonyl (C=O) groups excluding carboxylic acids is 1. The number of nitrogens with zero attached hydrogens (tertiary/aromatic N) is 3. The smallest absolute Gasteiger partial charge is 0.274 e. The lowest BCUT2D eigenvalue weighted by Gasteiger charge is -2.18. The maximum atomic E-state index is 12.4. The Hall–Kier alpha value is -2.41. The van der Waals surface area contributed by atoms with Crippen molar-refractivity contribution in [3.63, 3.8) is 0 Å². The van der Waals surface area contributed by atoms with E-state index in [9.17, 15) is 14.7 Å². The van der Waals surface area contributed by atoms with E-state index in [1.54, 1.807) is 19.1 Å². The summed E-state index contributed by atoms with van der Waals surface area (Å²) in [6.07, 6.45) is 1.53. The van der Waals surface area contributed by atoms with E-state index in [0.717, 1.165) is 18.7 Å². The molecule has 2 aromatic heterocycles. The molecule has 1 amide bonds. The third-order valence-corrected chi connectivity index (χ3v) is 3.87. The van der Waals surface area contributed by atoms with Crippen molar-refractivity contribution >= 4 is 11.6 Å². The third-order valence-electron chi connectivity index (χ3n) is 3.87. The maximum absolute atomic E-state index is 12.4. The summed E-state index contributed by atoms with van der Waals surface area (Å²) in [6.45, 7) is 8.72. The van der Waals surface area contributed by atoms with Gasteiger partial charge in [-0.25, -0.2) is 0 Å². The molecular weight excluding hydrogens is 296 g/mol. The van der Waals surface area contributed by atoms with Gasteiger partial charge in [-0.3, -0.25) is 14.0 Å². The lowest BCUT2D eigenvalue weighted by Crippen LogP contribution is -2.37. The highest BCUT2D eigenvalue weighted by atomic mass is 16.3. The van der Waals surface area contributed by atoms with Crippen molar-refractivity contribution in [3.05, 3.63) is 39.8 Å². The molecule has 2 N–H and O–H groups in total. The Kier molecular flexibility index (Phi) is 5.33. The van der Waals surface area contributed by atoms with Crippen LogP contribution >= 0.6 is 0 Å². The van der Waals surface area contributed by atoms with Crippen LogP contribution in [-0.4, -0.2) is 51.5 Å². The zero-order chi connectivity index (χ0) is 17.0. The molecule has 7 heteroatoms. The van der Waals surface area contributed by atoms with Crippen molar-refractivity contribution < 1.29 is 9.90 Å². The highest BCUT2D eigenvalue weighted by Gasteiger charge is 2.20. The summed E-state index contributed by atoms with van der Waals surface area (Å²) in [5.74, 6) is -1.15. The van der Waals surface area contributed by atoms with Crippen LogP contribution in [-0.2, 0) is 0 Å². The van der Waals surface area contributed by atoms with Crippen molar-refractivity contribution in [1.29, 1.82) is 0 Å². The van der Waals surface area contributed by atoms with Gasteiger partial charge in [0.2, 0.25) is 5.88 Å². The summed E-state index contributed by atoms with van der Waals surface area (Å²) in [5.41, 5.74) is 0.187. The summed E-state index contributed by atoms with van der Waals surface area (Å²) in [4.78, 5) is 30.8. The monoisotopic (exact) mass is 318 g/mol. The Balaban J connectivity index is 2.26. The first kappa shape index (κ1) is 17.0. The average molecular weight is 318 g/mol. The molecule has 0 saturated heterocycles. The van der Waals surface area contributed by atoms with Gasteiger partial charge in [-0.15, -0.1) is 0 Å². The van der Waals surface area contributed by atoms with Gasteiger partial charge < -0.3 is 15.3 Å². The molecule has 2 rings (SSSR count).